The number of halogens is 4. The van der Waals surface area contributed by atoms with E-state index in [-0.39, 0.29) is 5.49 Å². The third-order valence-electron chi connectivity index (χ3n) is 2.63. The Kier molecular flexibility index (Phi) is 4.47. The molecular weight excluding hydrogens is 303 g/mol. The number of hydrogen-bond acceptors (Lipinski definition) is 2. The second-order valence-corrected chi connectivity index (χ2v) is 4.62. The summed E-state index contributed by atoms with van der Waals surface area (Å²) in [5.74, 6) is 0. The average Bonchev–Trinajstić information content (AvgIpc) is 2.42. The van der Waals surface area contributed by atoms with Gasteiger partial charge in [-0.3, -0.25) is 0 Å². The molecule has 0 aliphatic heterocycles. The molecule has 0 atom stereocenters. The first-order valence-corrected chi connectivity index (χ1v) is 6.31. The zero-order valence-corrected chi connectivity index (χ0v) is 11.6. The van der Waals surface area contributed by atoms with Crippen LogP contribution in [0.2, 0.25) is 5.15 Å². The van der Waals surface area contributed by atoms with E-state index in [2.05, 4.69) is 16.6 Å². The van der Waals surface area contributed by atoms with E-state index < -0.39 is 11.9 Å². The maximum absolute atomic E-state index is 12.5. The van der Waals surface area contributed by atoms with Crippen molar-refractivity contribution in [3.05, 3.63) is 71.2 Å². The molecule has 110 valence electrons. The Labute approximate surface area is 124 Å². The maximum Gasteiger partial charge on any atom is 0.432 e. The third kappa shape index (κ3) is 4.19. The summed E-state index contributed by atoms with van der Waals surface area (Å²) in [6.07, 6.45) is -1.35. The van der Waals surface area contributed by atoms with Gasteiger partial charge in [-0.1, -0.05) is 30.3 Å². The van der Waals surface area contributed by atoms with Gasteiger partial charge in [-0.2, -0.15) is 13.2 Å². The lowest BCUT2D eigenvalue weighted by Crippen LogP contribution is -2.22. The predicted octanol–water partition coefficient (Wildman–Crippen LogP) is 3.56. The largest absolute Gasteiger partial charge is 0.432 e. The molecular formula is C14H11ClF3N3. The van der Waals surface area contributed by atoms with Crippen LogP contribution in [0.5, 0.6) is 0 Å². The van der Waals surface area contributed by atoms with Gasteiger partial charge in [-0.15, -0.1) is 0 Å². The van der Waals surface area contributed by atoms with E-state index in [1.807, 2.05) is 0 Å². The molecule has 0 fully saturated rings. The zero-order valence-electron chi connectivity index (χ0n) is 10.8. The van der Waals surface area contributed by atoms with E-state index in [1.54, 1.807) is 41.2 Å². The minimum atomic E-state index is -4.55. The summed E-state index contributed by atoms with van der Waals surface area (Å²) in [7, 11) is 0. The minimum Gasteiger partial charge on any atom is -0.329 e. The van der Waals surface area contributed by atoms with Crippen molar-refractivity contribution in [2.75, 3.05) is 0 Å². The highest BCUT2D eigenvalue weighted by molar-refractivity contribution is 6.29. The van der Waals surface area contributed by atoms with Gasteiger partial charge in [0, 0.05) is 12.4 Å². The van der Waals surface area contributed by atoms with Gasteiger partial charge in [0.2, 0.25) is 0 Å². The van der Waals surface area contributed by atoms with Crippen LogP contribution in [0.1, 0.15) is 5.56 Å². The number of allylic oxidation sites excluding steroid dienone is 1. The molecule has 0 aliphatic rings. The van der Waals surface area contributed by atoms with Crippen LogP contribution < -0.4 is 5.49 Å². The lowest BCUT2D eigenvalue weighted by atomic mass is 10.3. The molecule has 0 aromatic carbocycles. The van der Waals surface area contributed by atoms with E-state index in [4.69, 9.17) is 11.6 Å². The van der Waals surface area contributed by atoms with Crippen LogP contribution in [-0.4, -0.2) is 15.7 Å². The lowest BCUT2D eigenvalue weighted by molar-refractivity contribution is -0.0923. The SMILES string of the molecule is C=C(N=c1ccccn1Cc1ccc(Cl)nc1)C(F)(F)F. The van der Waals surface area contributed by atoms with Crippen molar-refractivity contribution in [2.24, 2.45) is 4.99 Å². The van der Waals surface area contributed by atoms with Gasteiger partial charge in [0.25, 0.3) is 0 Å². The normalized spacial score (nSPS) is 12.5. The monoisotopic (exact) mass is 313 g/mol. The highest BCUT2D eigenvalue weighted by Crippen LogP contribution is 2.24. The molecule has 0 saturated heterocycles. The van der Waals surface area contributed by atoms with Gasteiger partial charge < -0.3 is 4.57 Å². The summed E-state index contributed by atoms with van der Waals surface area (Å²) in [5.41, 5.74) is -0.184. The number of alkyl halides is 3. The molecule has 0 amide bonds. The summed E-state index contributed by atoms with van der Waals surface area (Å²) in [6, 6.07) is 8.17. The Morgan fingerprint density at radius 3 is 2.67 bits per heavy atom. The minimum absolute atomic E-state index is 0.162. The van der Waals surface area contributed by atoms with Crippen LogP contribution in [0.15, 0.2) is 60.0 Å². The Bertz CT molecular complexity index is 702. The highest BCUT2D eigenvalue weighted by atomic mass is 35.5. The fraction of sp³-hybridized carbons (Fsp3) is 0.143. The van der Waals surface area contributed by atoms with Crippen molar-refractivity contribution in [1.82, 2.24) is 9.55 Å². The Morgan fingerprint density at radius 2 is 2.05 bits per heavy atom. The Morgan fingerprint density at radius 1 is 1.29 bits per heavy atom. The van der Waals surface area contributed by atoms with Gasteiger partial charge in [-0.25, -0.2) is 9.98 Å². The van der Waals surface area contributed by atoms with Crippen LogP contribution in [0.4, 0.5) is 13.2 Å². The second-order valence-electron chi connectivity index (χ2n) is 4.23. The average molecular weight is 314 g/mol. The number of rotatable bonds is 3. The first kappa shape index (κ1) is 15.3. The van der Waals surface area contributed by atoms with Gasteiger partial charge >= 0.3 is 6.18 Å². The molecule has 0 saturated carbocycles. The molecule has 0 unspecified atom stereocenters. The van der Waals surface area contributed by atoms with Crippen LogP contribution in [0, 0.1) is 0 Å². The predicted molar refractivity (Wildman–Crippen MR) is 73.5 cm³/mol. The molecule has 0 spiro atoms. The Balaban J connectivity index is 2.35. The first-order valence-electron chi connectivity index (χ1n) is 5.93. The zero-order chi connectivity index (χ0) is 15.5. The number of nitrogens with zero attached hydrogens (tertiary/aromatic N) is 3. The van der Waals surface area contributed by atoms with Crippen LogP contribution in [0.25, 0.3) is 0 Å². The fourth-order valence-corrected chi connectivity index (χ4v) is 1.71. The second kappa shape index (κ2) is 6.13. The summed E-state index contributed by atoms with van der Waals surface area (Å²) < 4.78 is 39.1. The maximum atomic E-state index is 12.5. The van der Waals surface area contributed by atoms with E-state index in [1.165, 1.54) is 6.07 Å². The third-order valence-corrected chi connectivity index (χ3v) is 2.86. The van der Waals surface area contributed by atoms with Crippen LogP contribution in [-0.2, 0) is 6.54 Å². The quantitative estimate of drug-likeness (QED) is 0.797. The van der Waals surface area contributed by atoms with E-state index in [0.29, 0.717) is 11.7 Å². The van der Waals surface area contributed by atoms with Gasteiger partial charge in [0.15, 0.2) is 0 Å². The van der Waals surface area contributed by atoms with Gasteiger partial charge in [0.1, 0.15) is 16.3 Å². The van der Waals surface area contributed by atoms with E-state index >= 15 is 0 Å². The number of aromatic nitrogens is 2. The van der Waals surface area contributed by atoms with Crippen molar-refractivity contribution in [1.29, 1.82) is 0 Å². The Hall–Kier alpha value is -2.08. The molecule has 0 bridgehead atoms. The van der Waals surface area contributed by atoms with Gasteiger partial charge in [0.05, 0.1) is 6.54 Å². The molecule has 2 aromatic heterocycles. The smallest absolute Gasteiger partial charge is 0.329 e. The number of hydrogen-bond donors (Lipinski definition) is 0. The van der Waals surface area contributed by atoms with Crippen molar-refractivity contribution in [3.8, 4) is 0 Å². The standard InChI is InChI=1S/C14H11ClF3N3/c1-10(14(16,17)18)20-13-4-2-3-7-21(13)9-11-5-6-12(15)19-8-11/h2-8H,1,9H2. The molecule has 2 aromatic rings. The lowest BCUT2D eigenvalue weighted by Gasteiger charge is -2.09. The summed E-state index contributed by atoms with van der Waals surface area (Å²) >= 11 is 5.69. The van der Waals surface area contributed by atoms with Crippen LogP contribution >= 0.6 is 11.6 Å². The summed E-state index contributed by atoms with van der Waals surface area (Å²) in [6.45, 7) is 3.27. The number of pyridine rings is 2. The van der Waals surface area contributed by atoms with Crippen molar-refractivity contribution >= 4 is 11.6 Å². The molecule has 0 N–H and O–H groups in total. The first-order chi connectivity index (χ1) is 9.86. The summed E-state index contributed by atoms with van der Waals surface area (Å²) in [5, 5.41) is 0.354. The van der Waals surface area contributed by atoms with E-state index in [0.717, 1.165) is 5.56 Å². The fourth-order valence-electron chi connectivity index (χ4n) is 1.60. The van der Waals surface area contributed by atoms with Crippen molar-refractivity contribution in [2.45, 2.75) is 12.7 Å². The molecule has 21 heavy (non-hydrogen) atoms. The topological polar surface area (TPSA) is 30.2 Å². The van der Waals surface area contributed by atoms with Crippen molar-refractivity contribution in [3.63, 3.8) is 0 Å². The molecule has 2 rings (SSSR count). The van der Waals surface area contributed by atoms with Crippen LogP contribution in [0.3, 0.4) is 0 Å². The molecule has 3 nitrogen and oxygen atoms in total. The van der Waals surface area contributed by atoms with Gasteiger partial charge in [-0.05, 0) is 23.8 Å². The summed E-state index contributed by atoms with van der Waals surface area (Å²) in [4.78, 5) is 7.47. The van der Waals surface area contributed by atoms with E-state index in [9.17, 15) is 13.2 Å². The molecule has 0 radical (unpaired) electrons. The molecule has 2 heterocycles. The highest BCUT2D eigenvalue weighted by Gasteiger charge is 2.31. The molecule has 0 aliphatic carbocycles. The molecule has 7 heteroatoms. The van der Waals surface area contributed by atoms with Crippen molar-refractivity contribution < 1.29 is 13.2 Å².